The largest absolute Gasteiger partial charge is 3.00 e. The zero-order chi connectivity index (χ0) is 67.2. The molecule has 0 fully saturated rings. The zero-order valence-corrected chi connectivity index (χ0v) is 62.1. The number of pyridine rings is 2. The van der Waals surface area contributed by atoms with Crippen molar-refractivity contribution in [2.24, 2.45) is 0 Å². The van der Waals surface area contributed by atoms with Crippen molar-refractivity contribution in [3.05, 3.63) is 328 Å². The number of rotatable bonds is 7. The van der Waals surface area contributed by atoms with E-state index in [0.29, 0.717) is 24.2 Å². The number of benzene rings is 6. The van der Waals surface area contributed by atoms with Crippen LogP contribution in [0.15, 0.2) is 269 Å². The van der Waals surface area contributed by atoms with E-state index >= 15 is 0 Å². The molecule has 0 radical (unpaired) electrons. The van der Waals surface area contributed by atoms with Gasteiger partial charge in [-0.05, 0) is 104 Å². The Balaban J connectivity index is 0.000000127. The number of para-hydroxylation sites is 4. The van der Waals surface area contributed by atoms with Crippen molar-refractivity contribution in [1.29, 1.82) is 0 Å². The van der Waals surface area contributed by atoms with E-state index < -0.39 is 0 Å². The van der Waals surface area contributed by atoms with Crippen molar-refractivity contribution in [2.45, 2.75) is 78.2 Å². The van der Waals surface area contributed by atoms with Crippen molar-refractivity contribution in [2.75, 3.05) is 47.8 Å². The van der Waals surface area contributed by atoms with Crippen LogP contribution in [0, 0.1) is 32.4 Å². The minimum atomic E-state index is 0. The number of fused-ring (bicyclic) bond motifs is 9. The Morgan fingerprint density at radius 1 is 0.495 bits per heavy atom. The van der Waals surface area contributed by atoms with Gasteiger partial charge in [0.05, 0.1) is 5.56 Å². The molecule has 11 aromatic rings. The van der Waals surface area contributed by atoms with Gasteiger partial charge in [0.1, 0.15) is 37.0 Å². The maximum absolute atomic E-state index is 4.12. The van der Waals surface area contributed by atoms with Gasteiger partial charge >= 0.3 is 40.2 Å². The summed E-state index contributed by atoms with van der Waals surface area (Å²) < 4.78 is 4.78. The van der Waals surface area contributed by atoms with Crippen LogP contribution in [-0.2, 0) is 59.6 Å². The van der Waals surface area contributed by atoms with Gasteiger partial charge < -0.3 is 59.6 Å². The first-order valence-electron chi connectivity index (χ1n) is 32.9. The molecule has 6 aromatic carbocycles. The Bertz CT molecular complexity index is 4250. The Morgan fingerprint density at radius 2 is 1.00 bits per heavy atom. The average molecular weight is 1670 g/mol. The molecule has 12 heterocycles. The summed E-state index contributed by atoms with van der Waals surface area (Å²) in [6.45, 7) is 16.2. The van der Waals surface area contributed by atoms with Gasteiger partial charge in [0.25, 0.3) is 5.82 Å². The maximum atomic E-state index is 4.12. The summed E-state index contributed by atoms with van der Waals surface area (Å²) in [6.07, 6.45) is 31.2. The fourth-order valence-corrected chi connectivity index (χ4v) is 12.4. The number of aromatic nitrogens is 8. The summed E-state index contributed by atoms with van der Waals surface area (Å²) in [5.74, 6) is 2.30. The van der Waals surface area contributed by atoms with Crippen molar-refractivity contribution in [3.8, 4) is 39.9 Å². The van der Waals surface area contributed by atoms with Crippen LogP contribution in [0.5, 0.6) is 0 Å². The summed E-state index contributed by atoms with van der Waals surface area (Å²) in [7, 11) is 8.27. The van der Waals surface area contributed by atoms with Gasteiger partial charge in [-0.25, -0.2) is 4.57 Å². The molecule has 5 aromatic heterocycles. The van der Waals surface area contributed by atoms with Gasteiger partial charge in [-0.1, -0.05) is 143 Å². The van der Waals surface area contributed by atoms with Gasteiger partial charge in [0.2, 0.25) is 0 Å². The number of nitrogens with zero attached hydrogens (tertiary/aromatic N) is 16. The third-order valence-corrected chi connectivity index (χ3v) is 17.5. The second-order valence-electron chi connectivity index (χ2n) is 25.0. The molecule has 0 bridgehead atoms. The molecule has 7 aliphatic heterocycles. The Hall–Kier alpha value is -10.1. The van der Waals surface area contributed by atoms with Crippen molar-refractivity contribution < 1.29 is 44.8 Å². The molecule has 504 valence electrons. The number of hydrogen-bond acceptors (Lipinski definition) is 12. The average Bonchev–Trinajstić information content (AvgIpc) is 1.63. The molecule has 7 aliphatic rings. The minimum absolute atomic E-state index is 0. The maximum Gasteiger partial charge on any atom is 3.00 e. The quantitative estimate of drug-likeness (QED) is 0.111. The van der Waals surface area contributed by atoms with Gasteiger partial charge in [-0.15, -0.1) is 17.4 Å². The summed E-state index contributed by atoms with van der Waals surface area (Å²) in [5, 5.41) is 15.2. The number of imidazole rings is 1. The zero-order valence-electron chi connectivity index (χ0n) is 57.3. The van der Waals surface area contributed by atoms with Crippen LogP contribution in [0.4, 0.5) is 22.7 Å². The Kier molecular flexibility index (Phi) is 24.6. The van der Waals surface area contributed by atoms with E-state index in [1.165, 1.54) is 61.8 Å². The molecule has 0 saturated carbocycles. The van der Waals surface area contributed by atoms with Gasteiger partial charge in [-0.3, -0.25) is 9.97 Å². The molecule has 99 heavy (non-hydrogen) atoms. The van der Waals surface area contributed by atoms with Crippen molar-refractivity contribution in [1.82, 2.24) is 54.5 Å². The topological polar surface area (TPSA) is 114 Å². The summed E-state index contributed by atoms with van der Waals surface area (Å²) in [4.78, 5) is 25.5. The van der Waals surface area contributed by atoms with E-state index in [-0.39, 0.29) is 40.2 Å². The molecule has 16 nitrogen and oxygen atoms in total. The summed E-state index contributed by atoms with van der Waals surface area (Å²) >= 11 is 0. The first-order valence-corrected chi connectivity index (χ1v) is 32.9. The van der Waals surface area contributed by atoms with Gasteiger partial charge in [0, 0.05) is 116 Å². The van der Waals surface area contributed by atoms with Crippen LogP contribution in [0.25, 0.3) is 39.9 Å². The second-order valence-corrected chi connectivity index (χ2v) is 25.0. The molecule has 0 spiro atoms. The van der Waals surface area contributed by atoms with E-state index in [1.54, 1.807) is 24.8 Å². The number of anilines is 4. The van der Waals surface area contributed by atoms with Crippen LogP contribution in [-0.4, -0.2) is 84.9 Å². The standard InChI is InChI=1S/C22H25N2.3C11H12N2.C10H10N2.2C8H6N3.2Ir/c1-15(2)18-10-7-11-19(16(3)4)21(18)24-13-12-23-14-17-8-5-6-9-20(17)22(23)24;2*1-12-6-7-13-10-5-3-2-4-9(10)8-11(12)13;1-10-3-5-11(6-4-10)13-8-7-12(2)9-13;1-11-7-8-12(9-11)10-5-3-2-4-6-10;2*1-2-5-9-7(3-1)8-4-6-10-11-8;;/h5-13,15-16H,14H2,1-4H3;2*2-7,11H,8H2,1H3;3-5,7-9H,1-2H3;2-5,7-9H,1H3;2*1-6H;;/q+1;;;2*-2;2*-1;2*+3. The molecular formula is C81H83Ir2N16+. The third kappa shape index (κ3) is 17.3. The smallest absolute Gasteiger partial charge is 0.574 e. The van der Waals surface area contributed by atoms with Crippen LogP contribution in [0.3, 0.4) is 0 Å². The molecule has 0 amide bonds. The molecule has 0 saturated heterocycles. The number of hydrogen-bond donors (Lipinski definition) is 0. The minimum Gasteiger partial charge on any atom is -0.574 e. The predicted molar refractivity (Wildman–Crippen MR) is 390 cm³/mol. The number of likely N-dealkylation sites (N-methyl/N-ethyl adjacent to an activating group) is 2. The van der Waals surface area contributed by atoms with E-state index in [9.17, 15) is 0 Å². The molecule has 18 rings (SSSR count). The normalized spacial score (nSPS) is 15.4. The summed E-state index contributed by atoms with van der Waals surface area (Å²) in [5.41, 5.74) is 19.4. The second kappa shape index (κ2) is 33.9. The molecule has 0 N–H and O–H groups in total. The van der Waals surface area contributed by atoms with Crippen LogP contribution in [0.2, 0.25) is 0 Å². The van der Waals surface area contributed by atoms with E-state index in [1.807, 2.05) is 151 Å². The first-order chi connectivity index (χ1) is 47.3. The predicted octanol–water partition coefficient (Wildman–Crippen LogP) is 14.8. The van der Waals surface area contributed by atoms with Gasteiger partial charge in [-0.2, -0.15) is 72.0 Å². The molecule has 18 heteroatoms. The van der Waals surface area contributed by atoms with E-state index in [2.05, 4.69) is 260 Å². The summed E-state index contributed by atoms with van der Waals surface area (Å²) in [6, 6.07) is 68.3. The molecule has 2 atom stereocenters. The molecule has 0 aliphatic carbocycles. The Labute approximate surface area is 611 Å². The van der Waals surface area contributed by atoms with Crippen LogP contribution >= 0.6 is 0 Å². The van der Waals surface area contributed by atoms with E-state index in [4.69, 9.17) is 0 Å². The van der Waals surface area contributed by atoms with E-state index in [0.717, 1.165) is 53.5 Å². The monoisotopic (exact) mass is 1670 g/mol. The fourth-order valence-electron chi connectivity index (χ4n) is 12.4. The van der Waals surface area contributed by atoms with Crippen LogP contribution in [0.1, 0.15) is 72.9 Å². The SMILES string of the molecule is CC(C)c1cccc(C(C)C)c1-n1cc[n+]2c1-c1ccccc1C2.CN1C=CN(c2[c-]cccc2)[CH-]1.CN1C=CN2c3ccccc3CC12.CN1C=CN2c3ccccc3CC12.Cc1c[c-]c(N2C=CN(C)[CH-]2)cc1.[Ir+3].[Ir+3].c1ccc(-c2ccn[n-]2)nc1.c1ccc(-c2ccn[n-]2)nc1. The molecule has 2 unspecified atom stereocenters. The van der Waals surface area contributed by atoms with Crippen molar-refractivity contribution >= 4 is 22.7 Å². The molecular weight excluding hydrogens is 1580 g/mol. The van der Waals surface area contributed by atoms with Gasteiger partial charge in [0.15, 0.2) is 0 Å². The first kappa shape index (κ1) is 71.7. The third-order valence-electron chi connectivity index (χ3n) is 17.5. The number of aryl methyl sites for hydroxylation is 1. The van der Waals surface area contributed by atoms with Crippen LogP contribution < -0.4 is 34.4 Å². The fraction of sp³-hybridized carbons (Fsp3) is 0.198. The Morgan fingerprint density at radius 3 is 1.45 bits per heavy atom. The van der Waals surface area contributed by atoms with Crippen molar-refractivity contribution in [3.63, 3.8) is 0 Å².